The van der Waals surface area contributed by atoms with Crippen molar-refractivity contribution in [3.05, 3.63) is 18.0 Å². The van der Waals surface area contributed by atoms with E-state index in [1.165, 1.54) is 0 Å². The Morgan fingerprint density at radius 3 is 2.31 bits per heavy atom. The first-order chi connectivity index (χ1) is 6.15. The van der Waals surface area contributed by atoms with Gasteiger partial charge in [0.1, 0.15) is 6.29 Å². The van der Waals surface area contributed by atoms with Gasteiger partial charge in [-0.2, -0.15) is 0 Å². The van der Waals surface area contributed by atoms with Crippen molar-refractivity contribution in [1.82, 2.24) is 9.97 Å². The summed E-state index contributed by atoms with van der Waals surface area (Å²) in [4.78, 5) is 20.5. The summed E-state index contributed by atoms with van der Waals surface area (Å²) >= 11 is 0. The van der Waals surface area contributed by atoms with E-state index in [0.29, 0.717) is 5.95 Å². The number of anilines is 1. The molecule has 4 nitrogen and oxygen atoms in total. The molecule has 0 saturated carbocycles. The molecule has 0 saturated heterocycles. The Bertz CT molecular complexity index is 281. The maximum atomic E-state index is 10.5. The Kier molecular flexibility index (Phi) is 2.95. The van der Waals surface area contributed by atoms with Gasteiger partial charge in [0.05, 0.1) is 0 Å². The lowest BCUT2D eigenvalue weighted by Gasteiger charge is -2.10. The van der Waals surface area contributed by atoms with Crippen LogP contribution in [0.5, 0.6) is 0 Å². The van der Waals surface area contributed by atoms with Gasteiger partial charge in [0.15, 0.2) is 0 Å². The first kappa shape index (κ1) is 9.64. The molecule has 0 aromatic carbocycles. The van der Waals surface area contributed by atoms with Crippen molar-refractivity contribution in [2.45, 2.75) is 12.8 Å². The predicted octanol–water partition coefficient (Wildman–Crippen LogP) is 0.845. The van der Waals surface area contributed by atoms with Gasteiger partial charge in [0, 0.05) is 32.4 Å². The number of aromatic nitrogens is 2. The predicted molar refractivity (Wildman–Crippen MR) is 50.8 cm³/mol. The number of carbonyl (C=O) groups is 1. The molecule has 1 heterocycles. The summed E-state index contributed by atoms with van der Waals surface area (Å²) in [6.45, 7) is 1.82. The molecule has 0 spiro atoms. The number of rotatable bonds is 3. The first-order valence-corrected chi connectivity index (χ1v) is 4.09. The highest BCUT2D eigenvalue weighted by atomic mass is 16.1. The van der Waals surface area contributed by atoms with Gasteiger partial charge in [-0.3, -0.25) is 0 Å². The molecule has 1 atom stereocenters. The minimum Gasteiger partial charge on any atom is -0.347 e. The Hall–Kier alpha value is -1.45. The Balaban J connectivity index is 2.87. The van der Waals surface area contributed by atoms with Crippen LogP contribution < -0.4 is 4.90 Å². The lowest BCUT2D eigenvalue weighted by molar-refractivity contribution is -0.108. The van der Waals surface area contributed by atoms with E-state index >= 15 is 0 Å². The summed E-state index contributed by atoms with van der Waals surface area (Å²) in [5.74, 6) is 0.526. The summed E-state index contributed by atoms with van der Waals surface area (Å²) in [5, 5.41) is 0. The molecule has 0 bridgehead atoms. The third-order valence-electron chi connectivity index (χ3n) is 1.79. The summed E-state index contributed by atoms with van der Waals surface area (Å²) in [6.07, 6.45) is 4.25. The molecule has 0 radical (unpaired) electrons. The van der Waals surface area contributed by atoms with Crippen LogP contribution in [0.2, 0.25) is 0 Å². The van der Waals surface area contributed by atoms with Crippen LogP contribution in [-0.4, -0.2) is 30.3 Å². The zero-order valence-electron chi connectivity index (χ0n) is 8.06. The second-order valence-electron chi connectivity index (χ2n) is 3.14. The van der Waals surface area contributed by atoms with Gasteiger partial charge in [-0.15, -0.1) is 0 Å². The van der Waals surface area contributed by atoms with Gasteiger partial charge in [-0.25, -0.2) is 9.97 Å². The quantitative estimate of drug-likeness (QED) is 0.645. The average molecular weight is 179 g/mol. The molecule has 4 heteroatoms. The molecule has 70 valence electrons. The third-order valence-corrected chi connectivity index (χ3v) is 1.79. The molecule has 1 rings (SSSR count). The Morgan fingerprint density at radius 1 is 1.38 bits per heavy atom. The zero-order chi connectivity index (χ0) is 9.84. The van der Waals surface area contributed by atoms with Gasteiger partial charge < -0.3 is 9.69 Å². The van der Waals surface area contributed by atoms with Crippen molar-refractivity contribution in [3.8, 4) is 0 Å². The Morgan fingerprint density at radius 2 is 1.92 bits per heavy atom. The van der Waals surface area contributed by atoms with Crippen LogP contribution in [0.4, 0.5) is 5.95 Å². The molecule has 0 N–H and O–H groups in total. The highest BCUT2D eigenvalue weighted by Crippen LogP contribution is 2.11. The van der Waals surface area contributed by atoms with Gasteiger partial charge in [-0.1, -0.05) is 6.92 Å². The molecule has 0 aliphatic heterocycles. The SMILES string of the molecule is CC(C=O)c1cnc(N(C)C)nc1. The lowest BCUT2D eigenvalue weighted by Crippen LogP contribution is -2.12. The van der Waals surface area contributed by atoms with Crippen LogP contribution in [0.15, 0.2) is 12.4 Å². The second kappa shape index (κ2) is 3.98. The fraction of sp³-hybridized carbons (Fsp3) is 0.444. The van der Waals surface area contributed by atoms with Gasteiger partial charge in [-0.05, 0) is 5.56 Å². The fourth-order valence-corrected chi connectivity index (χ4v) is 0.876. The van der Waals surface area contributed by atoms with E-state index < -0.39 is 0 Å². The van der Waals surface area contributed by atoms with E-state index in [1.807, 2.05) is 25.9 Å². The average Bonchev–Trinajstić information content (AvgIpc) is 2.17. The zero-order valence-corrected chi connectivity index (χ0v) is 8.06. The van der Waals surface area contributed by atoms with E-state index in [0.717, 1.165) is 11.8 Å². The lowest BCUT2D eigenvalue weighted by atomic mass is 10.1. The normalized spacial score (nSPS) is 12.2. The van der Waals surface area contributed by atoms with Crippen LogP contribution in [-0.2, 0) is 4.79 Å². The number of hydrogen-bond acceptors (Lipinski definition) is 4. The van der Waals surface area contributed by atoms with Crippen molar-refractivity contribution >= 4 is 12.2 Å². The molecule has 1 unspecified atom stereocenters. The van der Waals surface area contributed by atoms with Gasteiger partial charge in [0.2, 0.25) is 5.95 Å². The minimum atomic E-state index is -0.129. The smallest absolute Gasteiger partial charge is 0.224 e. The van der Waals surface area contributed by atoms with E-state index in [9.17, 15) is 4.79 Å². The van der Waals surface area contributed by atoms with Crippen molar-refractivity contribution in [2.75, 3.05) is 19.0 Å². The van der Waals surface area contributed by atoms with Crippen molar-refractivity contribution in [3.63, 3.8) is 0 Å². The van der Waals surface area contributed by atoms with Crippen LogP contribution in [0, 0.1) is 0 Å². The Labute approximate surface area is 77.6 Å². The first-order valence-electron chi connectivity index (χ1n) is 4.09. The number of nitrogens with zero attached hydrogens (tertiary/aromatic N) is 3. The van der Waals surface area contributed by atoms with Crippen LogP contribution >= 0.6 is 0 Å². The fourth-order valence-electron chi connectivity index (χ4n) is 0.876. The van der Waals surface area contributed by atoms with Gasteiger partial charge >= 0.3 is 0 Å². The van der Waals surface area contributed by atoms with Crippen molar-refractivity contribution in [1.29, 1.82) is 0 Å². The maximum Gasteiger partial charge on any atom is 0.224 e. The monoisotopic (exact) mass is 179 g/mol. The minimum absolute atomic E-state index is 0.129. The van der Waals surface area contributed by atoms with E-state index in [4.69, 9.17) is 0 Å². The topological polar surface area (TPSA) is 46.1 Å². The standard InChI is InChI=1S/C9H13N3O/c1-7(6-13)8-4-10-9(11-5-8)12(2)3/h4-7H,1-3H3. The molecule has 1 aromatic heterocycles. The molecule has 0 aliphatic rings. The van der Waals surface area contributed by atoms with E-state index in [1.54, 1.807) is 12.4 Å². The van der Waals surface area contributed by atoms with Crippen LogP contribution in [0.3, 0.4) is 0 Å². The molecule has 13 heavy (non-hydrogen) atoms. The van der Waals surface area contributed by atoms with Crippen molar-refractivity contribution in [2.24, 2.45) is 0 Å². The molecule has 0 fully saturated rings. The highest BCUT2D eigenvalue weighted by molar-refractivity contribution is 5.60. The third kappa shape index (κ3) is 2.24. The molecule has 1 aromatic rings. The molecule has 0 amide bonds. The molecular formula is C9H13N3O. The molecular weight excluding hydrogens is 166 g/mol. The summed E-state index contributed by atoms with van der Waals surface area (Å²) < 4.78 is 0. The van der Waals surface area contributed by atoms with Crippen LogP contribution in [0.1, 0.15) is 18.4 Å². The molecule has 0 aliphatic carbocycles. The van der Waals surface area contributed by atoms with Crippen molar-refractivity contribution < 1.29 is 4.79 Å². The number of carbonyl (C=O) groups excluding carboxylic acids is 1. The number of aldehydes is 1. The second-order valence-corrected chi connectivity index (χ2v) is 3.14. The van der Waals surface area contributed by atoms with Crippen LogP contribution in [0.25, 0.3) is 0 Å². The highest BCUT2D eigenvalue weighted by Gasteiger charge is 2.05. The maximum absolute atomic E-state index is 10.5. The van der Waals surface area contributed by atoms with Gasteiger partial charge in [0.25, 0.3) is 0 Å². The number of hydrogen-bond donors (Lipinski definition) is 0. The van der Waals surface area contributed by atoms with E-state index in [-0.39, 0.29) is 5.92 Å². The summed E-state index contributed by atoms with van der Waals surface area (Å²) in [5.41, 5.74) is 0.848. The summed E-state index contributed by atoms with van der Waals surface area (Å²) in [6, 6.07) is 0. The van der Waals surface area contributed by atoms with E-state index in [2.05, 4.69) is 9.97 Å². The summed E-state index contributed by atoms with van der Waals surface area (Å²) in [7, 11) is 3.75. The largest absolute Gasteiger partial charge is 0.347 e.